The first-order valence-corrected chi connectivity index (χ1v) is 11.5. The number of ether oxygens (including phenoxy) is 3. The predicted octanol–water partition coefficient (Wildman–Crippen LogP) is 4.76. The summed E-state index contributed by atoms with van der Waals surface area (Å²) in [6.45, 7) is 0.262. The smallest absolute Gasteiger partial charge is 0.409 e. The topological polar surface area (TPSA) is 108 Å². The number of carbonyl (C=O) groups excluding carboxylic acids is 3. The average Bonchev–Trinajstić information content (AvgIpc) is 2.87. The van der Waals surface area contributed by atoms with E-state index in [0.717, 1.165) is 16.7 Å². The lowest BCUT2D eigenvalue weighted by Gasteiger charge is -2.18. The Hall–Kier alpha value is -4.04. The van der Waals surface area contributed by atoms with Gasteiger partial charge >= 0.3 is 6.09 Å². The Labute approximate surface area is 214 Å². The molecular formula is C27H27ClN2O6. The zero-order valence-corrected chi connectivity index (χ0v) is 20.8. The van der Waals surface area contributed by atoms with Crippen LogP contribution in [-0.4, -0.2) is 50.5 Å². The van der Waals surface area contributed by atoms with Crippen LogP contribution >= 0.6 is 11.6 Å². The van der Waals surface area contributed by atoms with Crippen LogP contribution in [0.1, 0.15) is 22.3 Å². The fourth-order valence-electron chi connectivity index (χ4n) is 3.60. The third-order valence-electron chi connectivity index (χ3n) is 5.49. The summed E-state index contributed by atoms with van der Waals surface area (Å²) in [6, 6.07) is 18.1. The molecule has 0 aliphatic carbocycles. The van der Waals surface area contributed by atoms with E-state index in [2.05, 4.69) is 0 Å². The van der Waals surface area contributed by atoms with Crippen LogP contribution in [0.2, 0.25) is 5.02 Å². The van der Waals surface area contributed by atoms with Crippen molar-refractivity contribution in [2.24, 2.45) is 5.73 Å². The van der Waals surface area contributed by atoms with Crippen molar-refractivity contribution in [3.8, 4) is 28.4 Å². The summed E-state index contributed by atoms with van der Waals surface area (Å²) < 4.78 is 15.9. The number of benzene rings is 3. The molecule has 0 atom stereocenters. The number of amides is 2. The van der Waals surface area contributed by atoms with Crippen molar-refractivity contribution < 1.29 is 28.6 Å². The second-order valence-corrected chi connectivity index (χ2v) is 8.37. The number of nitrogens with zero attached hydrogens (tertiary/aromatic N) is 1. The SMILES string of the molecule is COc1cc(OCC(=O)N(C)CCCc2ccc(-c3ccccc3)c(OC(N)=O)c2)c(Cl)cc1C=O. The maximum absolute atomic E-state index is 12.5. The van der Waals surface area contributed by atoms with E-state index in [1.165, 1.54) is 19.2 Å². The Bertz CT molecular complexity index is 1230. The molecule has 0 radical (unpaired) electrons. The Morgan fingerprint density at radius 2 is 1.78 bits per heavy atom. The lowest BCUT2D eigenvalue weighted by Crippen LogP contribution is -2.32. The van der Waals surface area contributed by atoms with Gasteiger partial charge in [-0.1, -0.05) is 54.1 Å². The van der Waals surface area contributed by atoms with Crippen LogP contribution in [0.25, 0.3) is 11.1 Å². The minimum atomic E-state index is -0.881. The third kappa shape index (κ3) is 6.99. The molecule has 36 heavy (non-hydrogen) atoms. The molecule has 0 aromatic heterocycles. The molecule has 9 heteroatoms. The van der Waals surface area contributed by atoms with Gasteiger partial charge in [-0.2, -0.15) is 0 Å². The van der Waals surface area contributed by atoms with Gasteiger partial charge < -0.3 is 24.8 Å². The van der Waals surface area contributed by atoms with E-state index in [1.807, 2.05) is 42.5 Å². The van der Waals surface area contributed by atoms with E-state index >= 15 is 0 Å². The van der Waals surface area contributed by atoms with Crippen LogP contribution in [0.15, 0.2) is 60.7 Å². The molecule has 2 N–H and O–H groups in total. The lowest BCUT2D eigenvalue weighted by atomic mass is 10.0. The van der Waals surface area contributed by atoms with Crippen molar-refractivity contribution in [1.82, 2.24) is 4.90 Å². The highest BCUT2D eigenvalue weighted by molar-refractivity contribution is 6.32. The zero-order valence-electron chi connectivity index (χ0n) is 20.0. The van der Waals surface area contributed by atoms with Gasteiger partial charge in [-0.05, 0) is 36.1 Å². The Morgan fingerprint density at radius 1 is 1.03 bits per heavy atom. The highest BCUT2D eigenvalue weighted by Gasteiger charge is 2.15. The molecule has 188 valence electrons. The normalized spacial score (nSPS) is 10.4. The Balaban J connectivity index is 1.57. The molecule has 2 amide bonds. The first-order chi connectivity index (χ1) is 17.3. The van der Waals surface area contributed by atoms with Crippen LogP contribution in [0.3, 0.4) is 0 Å². The molecule has 8 nitrogen and oxygen atoms in total. The van der Waals surface area contributed by atoms with Crippen molar-refractivity contribution in [3.63, 3.8) is 0 Å². The largest absolute Gasteiger partial charge is 0.496 e. The second kappa shape index (κ2) is 12.6. The fourth-order valence-corrected chi connectivity index (χ4v) is 3.82. The van der Waals surface area contributed by atoms with Gasteiger partial charge in [0.25, 0.3) is 5.91 Å². The van der Waals surface area contributed by atoms with Crippen LogP contribution < -0.4 is 19.9 Å². The summed E-state index contributed by atoms with van der Waals surface area (Å²) in [4.78, 5) is 36.6. The number of hydrogen-bond acceptors (Lipinski definition) is 6. The van der Waals surface area contributed by atoms with Gasteiger partial charge in [-0.25, -0.2) is 4.79 Å². The first-order valence-electron chi connectivity index (χ1n) is 11.2. The van der Waals surface area contributed by atoms with Gasteiger partial charge in [-0.3, -0.25) is 9.59 Å². The van der Waals surface area contributed by atoms with Gasteiger partial charge in [0.15, 0.2) is 12.9 Å². The van der Waals surface area contributed by atoms with E-state index in [0.29, 0.717) is 42.7 Å². The number of nitrogens with two attached hydrogens (primary N) is 1. The van der Waals surface area contributed by atoms with Crippen molar-refractivity contribution in [1.29, 1.82) is 0 Å². The van der Waals surface area contributed by atoms with E-state index in [9.17, 15) is 14.4 Å². The van der Waals surface area contributed by atoms with Crippen LogP contribution in [0, 0.1) is 0 Å². The summed E-state index contributed by atoms with van der Waals surface area (Å²) in [7, 11) is 3.11. The van der Waals surface area contributed by atoms with Crippen LogP contribution in [-0.2, 0) is 11.2 Å². The maximum Gasteiger partial charge on any atom is 0.409 e. The summed E-state index contributed by atoms with van der Waals surface area (Å²) >= 11 is 6.14. The summed E-state index contributed by atoms with van der Waals surface area (Å²) in [5.41, 5.74) is 8.16. The minimum Gasteiger partial charge on any atom is -0.496 e. The number of rotatable bonds is 11. The van der Waals surface area contributed by atoms with E-state index < -0.39 is 6.09 Å². The van der Waals surface area contributed by atoms with Gasteiger partial charge in [0.2, 0.25) is 0 Å². The number of primary amides is 1. The van der Waals surface area contributed by atoms with Gasteiger partial charge in [0.05, 0.1) is 17.7 Å². The Kier molecular flexibility index (Phi) is 9.30. The lowest BCUT2D eigenvalue weighted by molar-refractivity contribution is -0.132. The minimum absolute atomic E-state index is 0.210. The second-order valence-electron chi connectivity index (χ2n) is 7.97. The van der Waals surface area contributed by atoms with Gasteiger partial charge in [-0.15, -0.1) is 0 Å². The summed E-state index contributed by atoms with van der Waals surface area (Å²) in [5.74, 6) is 0.711. The molecule has 0 bridgehead atoms. The number of halogens is 1. The Morgan fingerprint density at radius 3 is 2.44 bits per heavy atom. The van der Waals surface area contributed by atoms with Crippen molar-refractivity contribution in [3.05, 3.63) is 76.8 Å². The molecule has 0 aliphatic heterocycles. The molecule has 3 rings (SSSR count). The van der Waals surface area contributed by atoms with Crippen LogP contribution in [0.4, 0.5) is 4.79 Å². The summed E-state index contributed by atoms with van der Waals surface area (Å²) in [5, 5.41) is 0.210. The molecule has 0 saturated carbocycles. The molecule has 0 aliphatic rings. The molecule has 0 fully saturated rings. The molecule has 0 heterocycles. The van der Waals surface area contributed by atoms with Gasteiger partial charge in [0.1, 0.15) is 17.2 Å². The first kappa shape index (κ1) is 26.6. The molecule has 0 saturated heterocycles. The number of aryl methyl sites for hydroxylation is 1. The molecule has 3 aromatic rings. The summed E-state index contributed by atoms with van der Waals surface area (Å²) in [6.07, 6.45) is 1.07. The molecular weight excluding hydrogens is 484 g/mol. The van der Waals surface area contributed by atoms with Crippen molar-refractivity contribution in [2.45, 2.75) is 12.8 Å². The quantitative estimate of drug-likeness (QED) is 0.373. The van der Waals surface area contributed by atoms with Crippen molar-refractivity contribution in [2.75, 3.05) is 27.3 Å². The van der Waals surface area contributed by atoms with Crippen molar-refractivity contribution >= 4 is 29.9 Å². The van der Waals surface area contributed by atoms with E-state index in [4.69, 9.17) is 31.5 Å². The van der Waals surface area contributed by atoms with E-state index in [1.54, 1.807) is 18.0 Å². The standard InChI is InChI=1S/C27H27ClN2O6/c1-30(26(32)17-35-25-15-23(34-2)20(16-31)14-22(25)28)12-6-7-18-10-11-21(19-8-4-3-5-9-19)24(13-18)36-27(29)33/h3-5,8-11,13-16H,6-7,12,17H2,1-2H3,(H2,29,33). The number of likely N-dealkylation sites (N-methyl/N-ethyl adjacent to an activating group) is 1. The highest BCUT2D eigenvalue weighted by atomic mass is 35.5. The molecule has 0 unspecified atom stereocenters. The van der Waals surface area contributed by atoms with Gasteiger partial charge in [0, 0.05) is 25.2 Å². The predicted molar refractivity (Wildman–Crippen MR) is 137 cm³/mol. The number of aldehydes is 1. The van der Waals surface area contributed by atoms with E-state index in [-0.39, 0.29) is 23.3 Å². The highest BCUT2D eigenvalue weighted by Crippen LogP contribution is 2.33. The number of carbonyl (C=O) groups is 3. The average molecular weight is 511 g/mol. The monoisotopic (exact) mass is 510 g/mol. The fraction of sp³-hybridized carbons (Fsp3) is 0.222. The number of hydrogen-bond donors (Lipinski definition) is 1. The third-order valence-corrected chi connectivity index (χ3v) is 5.78. The molecule has 0 spiro atoms. The molecule has 3 aromatic carbocycles. The van der Waals surface area contributed by atoms with Crippen LogP contribution in [0.5, 0.6) is 17.2 Å². The number of methoxy groups -OCH3 is 1. The maximum atomic E-state index is 12.5. The zero-order chi connectivity index (χ0) is 26.1.